The van der Waals surface area contributed by atoms with Crippen molar-refractivity contribution in [3.63, 3.8) is 0 Å². The molecule has 0 spiro atoms. The van der Waals surface area contributed by atoms with Crippen molar-refractivity contribution in [1.82, 2.24) is 0 Å². The molecule has 0 amide bonds. The van der Waals surface area contributed by atoms with Crippen molar-refractivity contribution in [2.24, 2.45) is 23.7 Å². The Labute approximate surface area is 212 Å². The van der Waals surface area contributed by atoms with E-state index in [0.29, 0.717) is 11.8 Å². The van der Waals surface area contributed by atoms with Crippen molar-refractivity contribution in [2.45, 2.75) is 129 Å². The zero-order valence-electron chi connectivity index (χ0n) is 22.3. The van der Waals surface area contributed by atoms with Crippen LogP contribution in [-0.2, 0) is 0 Å². The highest BCUT2D eigenvalue weighted by molar-refractivity contribution is 5.42. The molecule has 0 heterocycles. The molecule has 2 fully saturated rings. The summed E-state index contributed by atoms with van der Waals surface area (Å²) in [6.07, 6.45) is 24.9. The van der Waals surface area contributed by atoms with E-state index in [9.17, 15) is 0 Å². The number of benzene rings is 1. The van der Waals surface area contributed by atoms with Crippen LogP contribution in [0.2, 0.25) is 0 Å². The Morgan fingerprint density at radius 1 is 0.529 bits per heavy atom. The summed E-state index contributed by atoms with van der Waals surface area (Å²) in [5, 5.41) is 0. The van der Waals surface area contributed by atoms with E-state index >= 15 is 0 Å². The van der Waals surface area contributed by atoms with Crippen LogP contribution < -0.4 is 0 Å². The largest absolute Gasteiger partial charge is 0.0945 e. The molecular weight excluding hydrogens is 408 g/mol. The molecule has 0 saturated heterocycles. The normalized spacial score (nSPS) is 24.5. The van der Waals surface area contributed by atoms with Gasteiger partial charge in [-0.05, 0) is 87.5 Å². The summed E-state index contributed by atoms with van der Waals surface area (Å²) in [6.45, 7) is 4.60. The molecule has 2 aliphatic carbocycles. The number of unbranched alkanes of at least 4 members (excludes halogenated alkanes) is 6. The summed E-state index contributed by atoms with van der Waals surface area (Å²) < 4.78 is 0. The number of rotatable bonds is 10. The average molecular weight is 459 g/mol. The van der Waals surface area contributed by atoms with Gasteiger partial charge in [-0.2, -0.15) is 0 Å². The molecule has 2 aliphatic rings. The minimum atomic E-state index is 0.605. The molecule has 3 rings (SSSR count). The summed E-state index contributed by atoms with van der Waals surface area (Å²) in [6, 6.07) is 8.68. The van der Waals surface area contributed by atoms with E-state index in [0.717, 1.165) is 23.0 Å². The second-order valence-corrected chi connectivity index (χ2v) is 11.2. The predicted molar refractivity (Wildman–Crippen MR) is 149 cm³/mol. The summed E-state index contributed by atoms with van der Waals surface area (Å²) in [5.74, 6) is 17.2. The number of hydrogen-bond donors (Lipinski definition) is 0. The molecule has 0 bridgehead atoms. The van der Waals surface area contributed by atoms with Crippen molar-refractivity contribution in [3.05, 3.63) is 35.4 Å². The van der Waals surface area contributed by atoms with E-state index in [-0.39, 0.29) is 0 Å². The third-order valence-corrected chi connectivity index (χ3v) is 8.35. The van der Waals surface area contributed by atoms with Crippen LogP contribution in [0.4, 0.5) is 0 Å². The lowest BCUT2D eigenvalue weighted by Gasteiger charge is -2.25. The van der Waals surface area contributed by atoms with Gasteiger partial charge in [-0.3, -0.25) is 0 Å². The van der Waals surface area contributed by atoms with Crippen LogP contribution in [0.25, 0.3) is 0 Å². The quantitative estimate of drug-likeness (QED) is 0.242. The zero-order valence-corrected chi connectivity index (χ0v) is 22.3. The van der Waals surface area contributed by atoms with Gasteiger partial charge >= 0.3 is 0 Å². The number of hydrogen-bond acceptors (Lipinski definition) is 0. The van der Waals surface area contributed by atoms with Crippen molar-refractivity contribution >= 4 is 0 Å². The van der Waals surface area contributed by atoms with Gasteiger partial charge in [0, 0.05) is 23.0 Å². The Hall–Kier alpha value is -1.66. The van der Waals surface area contributed by atoms with E-state index in [4.69, 9.17) is 0 Å². The summed E-state index contributed by atoms with van der Waals surface area (Å²) >= 11 is 0. The maximum absolute atomic E-state index is 3.58. The monoisotopic (exact) mass is 458 g/mol. The Kier molecular flexibility index (Phi) is 12.7. The molecule has 0 unspecified atom stereocenters. The molecule has 1 aromatic rings. The van der Waals surface area contributed by atoms with Crippen LogP contribution in [0.3, 0.4) is 0 Å². The second-order valence-electron chi connectivity index (χ2n) is 11.2. The zero-order chi connectivity index (χ0) is 23.8. The average Bonchev–Trinajstić information content (AvgIpc) is 2.89. The molecule has 1 aromatic carbocycles. The van der Waals surface area contributed by atoms with E-state index in [1.165, 1.54) is 116 Å². The highest BCUT2D eigenvalue weighted by atomic mass is 14.2. The molecule has 0 radical (unpaired) electrons. The lowest BCUT2D eigenvalue weighted by Crippen LogP contribution is -2.13. The standard InChI is InChI=1S/C34H50/c1-3-5-7-9-11-29-13-17-31(18-14-29)21-23-33-25-27-34(28-26-33)24-22-32-19-15-30(16-20-32)12-10-8-6-4-2/h25-32H,3-20H2,1-2H3. The molecule has 0 heteroatoms. The molecule has 0 aliphatic heterocycles. The van der Waals surface area contributed by atoms with Crippen LogP contribution in [0, 0.1) is 47.4 Å². The topological polar surface area (TPSA) is 0 Å². The smallest absolute Gasteiger partial charge is 0.0246 e. The second kappa shape index (κ2) is 16.1. The maximum atomic E-state index is 3.58. The highest BCUT2D eigenvalue weighted by Crippen LogP contribution is 2.33. The Morgan fingerprint density at radius 2 is 0.912 bits per heavy atom. The first-order valence-corrected chi connectivity index (χ1v) is 14.9. The van der Waals surface area contributed by atoms with Gasteiger partial charge in [0.2, 0.25) is 0 Å². The molecule has 2 saturated carbocycles. The minimum Gasteiger partial charge on any atom is -0.0945 e. The summed E-state index contributed by atoms with van der Waals surface area (Å²) in [5.41, 5.74) is 2.30. The molecule has 0 nitrogen and oxygen atoms in total. The van der Waals surface area contributed by atoms with Crippen molar-refractivity contribution in [2.75, 3.05) is 0 Å². The van der Waals surface area contributed by atoms with Gasteiger partial charge in [0.05, 0.1) is 0 Å². The fourth-order valence-electron chi connectivity index (χ4n) is 5.92. The van der Waals surface area contributed by atoms with Gasteiger partial charge in [-0.15, -0.1) is 0 Å². The predicted octanol–water partition coefficient (Wildman–Crippen LogP) is 9.94. The molecule has 34 heavy (non-hydrogen) atoms. The van der Waals surface area contributed by atoms with Gasteiger partial charge < -0.3 is 0 Å². The summed E-state index contributed by atoms with van der Waals surface area (Å²) in [7, 11) is 0. The fraction of sp³-hybridized carbons (Fsp3) is 0.706. The molecular formula is C34H50. The third-order valence-electron chi connectivity index (χ3n) is 8.35. The van der Waals surface area contributed by atoms with Crippen LogP contribution in [0.15, 0.2) is 24.3 Å². The maximum Gasteiger partial charge on any atom is 0.0246 e. The summed E-state index contributed by atoms with van der Waals surface area (Å²) in [4.78, 5) is 0. The van der Waals surface area contributed by atoms with Crippen LogP contribution in [0.5, 0.6) is 0 Å². The van der Waals surface area contributed by atoms with Crippen molar-refractivity contribution in [1.29, 1.82) is 0 Å². The Balaban J connectivity index is 1.35. The third kappa shape index (κ3) is 10.3. The van der Waals surface area contributed by atoms with Crippen molar-refractivity contribution in [3.8, 4) is 23.7 Å². The van der Waals surface area contributed by atoms with Gasteiger partial charge in [0.1, 0.15) is 0 Å². The van der Waals surface area contributed by atoms with E-state index in [1.54, 1.807) is 0 Å². The van der Waals surface area contributed by atoms with E-state index in [1.807, 2.05) is 0 Å². The van der Waals surface area contributed by atoms with Crippen LogP contribution >= 0.6 is 0 Å². The molecule has 0 atom stereocenters. The van der Waals surface area contributed by atoms with E-state index < -0.39 is 0 Å². The van der Waals surface area contributed by atoms with Gasteiger partial charge in [-0.1, -0.05) is 102 Å². The lowest BCUT2D eigenvalue weighted by molar-refractivity contribution is 0.294. The molecule has 186 valence electrons. The Morgan fingerprint density at radius 3 is 1.26 bits per heavy atom. The SMILES string of the molecule is CCCCCCC1CCC(C#Cc2ccc(C#CC3CCC(CCCCCC)CC3)cc2)CC1. The van der Waals surface area contributed by atoms with Crippen LogP contribution in [0.1, 0.15) is 141 Å². The first kappa shape index (κ1) is 26.9. The first-order valence-electron chi connectivity index (χ1n) is 14.9. The van der Waals surface area contributed by atoms with Gasteiger partial charge in [0.25, 0.3) is 0 Å². The Bertz CT molecular complexity index is 707. The minimum absolute atomic E-state index is 0.605. The van der Waals surface area contributed by atoms with E-state index in [2.05, 4.69) is 61.8 Å². The first-order chi connectivity index (χ1) is 16.8. The van der Waals surface area contributed by atoms with Gasteiger partial charge in [-0.25, -0.2) is 0 Å². The van der Waals surface area contributed by atoms with Gasteiger partial charge in [0.15, 0.2) is 0 Å². The lowest BCUT2D eigenvalue weighted by atomic mass is 9.80. The molecule has 0 N–H and O–H groups in total. The fourth-order valence-corrected chi connectivity index (χ4v) is 5.92. The highest BCUT2D eigenvalue weighted by Gasteiger charge is 2.20. The van der Waals surface area contributed by atoms with Crippen LogP contribution in [-0.4, -0.2) is 0 Å². The molecule has 0 aromatic heterocycles. The van der Waals surface area contributed by atoms with Crippen molar-refractivity contribution < 1.29 is 0 Å².